The molecular formula is C16H12FN. The Balaban J connectivity index is 2.51. The highest BCUT2D eigenvalue weighted by atomic mass is 19.1. The zero-order valence-corrected chi connectivity index (χ0v) is 10.0. The van der Waals surface area contributed by atoms with Crippen LogP contribution in [0.4, 0.5) is 4.39 Å². The lowest BCUT2D eigenvalue weighted by Crippen LogP contribution is -1.89. The van der Waals surface area contributed by atoms with E-state index in [4.69, 9.17) is 5.26 Å². The van der Waals surface area contributed by atoms with E-state index in [1.54, 1.807) is 12.1 Å². The number of rotatable bonds is 2. The molecule has 88 valence electrons. The standard InChI is InChI=1S/C16H12FN/c1-12-3-2-4-14(11-12)16(9-10-18)13-5-7-15(17)8-6-13/h2-9,11H,1H3/b16-9-. The van der Waals surface area contributed by atoms with Gasteiger partial charge in [0, 0.05) is 6.08 Å². The third-order valence-electron chi connectivity index (χ3n) is 2.69. The monoisotopic (exact) mass is 237 g/mol. The van der Waals surface area contributed by atoms with Gasteiger partial charge in [-0.1, -0.05) is 42.0 Å². The molecule has 0 bridgehead atoms. The van der Waals surface area contributed by atoms with Gasteiger partial charge in [0.15, 0.2) is 0 Å². The van der Waals surface area contributed by atoms with E-state index in [9.17, 15) is 4.39 Å². The molecule has 0 N–H and O–H groups in total. The number of benzene rings is 2. The lowest BCUT2D eigenvalue weighted by Gasteiger charge is -2.07. The summed E-state index contributed by atoms with van der Waals surface area (Å²) in [6.45, 7) is 2.00. The molecule has 0 unspecified atom stereocenters. The molecule has 2 rings (SSSR count). The van der Waals surface area contributed by atoms with Crippen LogP contribution in [0.25, 0.3) is 5.57 Å². The number of nitrogens with zero attached hydrogens (tertiary/aromatic N) is 1. The van der Waals surface area contributed by atoms with E-state index in [-0.39, 0.29) is 5.82 Å². The van der Waals surface area contributed by atoms with Crippen molar-refractivity contribution in [2.45, 2.75) is 6.92 Å². The Kier molecular flexibility index (Phi) is 3.54. The second-order valence-electron chi connectivity index (χ2n) is 4.06. The van der Waals surface area contributed by atoms with Gasteiger partial charge in [0.25, 0.3) is 0 Å². The summed E-state index contributed by atoms with van der Waals surface area (Å²) in [5, 5.41) is 8.88. The van der Waals surface area contributed by atoms with E-state index in [0.717, 1.165) is 22.3 Å². The van der Waals surface area contributed by atoms with E-state index in [1.165, 1.54) is 18.2 Å². The van der Waals surface area contributed by atoms with E-state index < -0.39 is 0 Å². The lowest BCUT2D eigenvalue weighted by molar-refractivity contribution is 0.627. The van der Waals surface area contributed by atoms with Gasteiger partial charge >= 0.3 is 0 Å². The molecule has 0 saturated carbocycles. The minimum Gasteiger partial charge on any atom is -0.207 e. The van der Waals surface area contributed by atoms with Crippen LogP contribution in [0.3, 0.4) is 0 Å². The maximum Gasteiger partial charge on any atom is 0.123 e. The number of aryl methyl sites for hydroxylation is 1. The fraction of sp³-hybridized carbons (Fsp3) is 0.0625. The van der Waals surface area contributed by atoms with Gasteiger partial charge in [0.05, 0.1) is 6.07 Å². The molecule has 0 fully saturated rings. The predicted molar refractivity (Wildman–Crippen MR) is 70.3 cm³/mol. The molecule has 0 heterocycles. The molecular weight excluding hydrogens is 225 g/mol. The average Bonchev–Trinajstić information content (AvgIpc) is 2.37. The van der Waals surface area contributed by atoms with Gasteiger partial charge < -0.3 is 0 Å². The first-order valence-corrected chi connectivity index (χ1v) is 5.63. The van der Waals surface area contributed by atoms with Crippen LogP contribution in [-0.4, -0.2) is 0 Å². The van der Waals surface area contributed by atoms with Crippen molar-refractivity contribution in [2.75, 3.05) is 0 Å². The fourth-order valence-corrected chi connectivity index (χ4v) is 1.84. The second kappa shape index (κ2) is 5.29. The molecule has 0 aliphatic carbocycles. The third-order valence-corrected chi connectivity index (χ3v) is 2.69. The number of hydrogen-bond acceptors (Lipinski definition) is 1. The summed E-state index contributed by atoms with van der Waals surface area (Å²) in [6.07, 6.45) is 1.49. The van der Waals surface area contributed by atoms with Crippen molar-refractivity contribution in [3.05, 3.63) is 77.1 Å². The highest BCUT2D eigenvalue weighted by molar-refractivity contribution is 5.81. The highest BCUT2D eigenvalue weighted by Crippen LogP contribution is 2.24. The van der Waals surface area contributed by atoms with Crippen LogP contribution in [0.15, 0.2) is 54.6 Å². The second-order valence-corrected chi connectivity index (χ2v) is 4.06. The average molecular weight is 237 g/mol. The minimum atomic E-state index is -0.278. The maximum atomic E-state index is 12.9. The molecule has 1 nitrogen and oxygen atoms in total. The third kappa shape index (κ3) is 2.64. The summed E-state index contributed by atoms with van der Waals surface area (Å²) < 4.78 is 12.9. The molecule has 2 heteroatoms. The van der Waals surface area contributed by atoms with Gasteiger partial charge in [-0.25, -0.2) is 4.39 Å². The quantitative estimate of drug-likeness (QED) is 0.722. The summed E-state index contributed by atoms with van der Waals surface area (Å²) in [4.78, 5) is 0. The minimum absolute atomic E-state index is 0.278. The van der Waals surface area contributed by atoms with Gasteiger partial charge in [-0.2, -0.15) is 5.26 Å². The van der Waals surface area contributed by atoms with Gasteiger partial charge in [-0.15, -0.1) is 0 Å². The van der Waals surface area contributed by atoms with E-state index >= 15 is 0 Å². The Morgan fingerprint density at radius 2 is 1.83 bits per heavy atom. The Morgan fingerprint density at radius 3 is 2.44 bits per heavy atom. The normalized spacial score (nSPS) is 11.1. The maximum absolute atomic E-state index is 12.9. The summed E-state index contributed by atoms with van der Waals surface area (Å²) in [5.74, 6) is -0.278. The van der Waals surface area contributed by atoms with Crippen LogP contribution in [0, 0.1) is 24.1 Å². The number of hydrogen-bond donors (Lipinski definition) is 0. The van der Waals surface area contributed by atoms with Crippen LogP contribution >= 0.6 is 0 Å². The molecule has 0 aliphatic heterocycles. The van der Waals surface area contributed by atoms with Crippen molar-refractivity contribution < 1.29 is 4.39 Å². The number of halogens is 1. The van der Waals surface area contributed by atoms with Crippen molar-refractivity contribution in [1.82, 2.24) is 0 Å². The van der Waals surface area contributed by atoms with Gasteiger partial charge in [0.2, 0.25) is 0 Å². The van der Waals surface area contributed by atoms with Crippen LogP contribution in [-0.2, 0) is 0 Å². The Hall–Kier alpha value is -2.40. The van der Waals surface area contributed by atoms with Gasteiger partial charge in [-0.05, 0) is 35.8 Å². The Morgan fingerprint density at radius 1 is 1.11 bits per heavy atom. The van der Waals surface area contributed by atoms with Crippen molar-refractivity contribution in [3.63, 3.8) is 0 Å². The predicted octanol–water partition coefficient (Wildman–Crippen LogP) is 4.09. The molecule has 0 atom stereocenters. The first kappa shape index (κ1) is 12.1. The zero-order valence-electron chi connectivity index (χ0n) is 10.0. The number of allylic oxidation sites excluding steroid dienone is 1. The highest BCUT2D eigenvalue weighted by Gasteiger charge is 2.05. The summed E-state index contributed by atoms with van der Waals surface area (Å²) in [6, 6.07) is 16.1. The molecule has 0 amide bonds. The largest absolute Gasteiger partial charge is 0.207 e. The lowest BCUT2D eigenvalue weighted by atomic mass is 9.96. The molecule has 0 saturated heterocycles. The summed E-state index contributed by atoms with van der Waals surface area (Å²) in [7, 11) is 0. The molecule has 0 spiro atoms. The van der Waals surface area contributed by atoms with Crippen molar-refractivity contribution in [2.24, 2.45) is 0 Å². The van der Waals surface area contributed by atoms with Crippen molar-refractivity contribution >= 4 is 5.57 Å². The SMILES string of the molecule is Cc1cccc(/C(=C\C#N)c2ccc(F)cc2)c1. The fourth-order valence-electron chi connectivity index (χ4n) is 1.84. The van der Waals surface area contributed by atoms with Crippen LogP contribution in [0.2, 0.25) is 0 Å². The molecule has 0 radical (unpaired) electrons. The molecule has 18 heavy (non-hydrogen) atoms. The van der Waals surface area contributed by atoms with Gasteiger partial charge in [-0.3, -0.25) is 0 Å². The summed E-state index contributed by atoms with van der Waals surface area (Å²) in [5.41, 5.74) is 3.73. The molecule has 2 aromatic carbocycles. The van der Waals surface area contributed by atoms with Gasteiger partial charge in [0.1, 0.15) is 5.82 Å². The Labute approximate surface area is 106 Å². The molecule has 2 aromatic rings. The van der Waals surface area contributed by atoms with Crippen molar-refractivity contribution in [3.8, 4) is 6.07 Å². The first-order valence-electron chi connectivity index (χ1n) is 5.63. The molecule has 0 aromatic heterocycles. The zero-order chi connectivity index (χ0) is 13.0. The topological polar surface area (TPSA) is 23.8 Å². The van der Waals surface area contributed by atoms with Crippen molar-refractivity contribution in [1.29, 1.82) is 5.26 Å². The smallest absolute Gasteiger partial charge is 0.123 e. The Bertz CT molecular complexity index is 618. The van der Waals surface area contributed by atoms with Crippen LogP contribution in [0.1, 0.15) is 16.7 Å². The van der Waals surface area contributed by atoms with Crippen LogP contribution in [0.5, 0.6) is 0 Å². The van der Waals surface area contributed by atoms with E-state index in [1.807, 2.05) is 37.3 Å². The van der Waals surface area contributed by atoms with Crippen LogP contribution < -0.4 is 0 Å². The van der Waals surface area contributed by atoms with E-state index in [0.29, 0.717) is 0 Å². The first-order chi connectivity index (χ1) is 8.70. The summed E-state index contributed by atoms with van der Waals surface area (Å²) >= 11 is 0. The molecule has 0 aliphatic rings. The number of nitriles is 1. The van der Waals surface area contributed by atoms with E-state index in [2.05, 4.69) is 0 Å².